The van der Waals surface area contributed by atoms with Gasteiger partial charge in [-0.25, -0.2) is 14.6 Å². The van der Waals surface area contributed by atoms with Gasteiger partial charge in [0.15, 0.2) is 0 Å². The van der Waals surface area contributed by atoms with E-state index in [4.69, 9.17) is 18.9 Å². The van der Waals surface area contributed by atoms with E-state index in [1.165, 1.54) is 173 Å². The molecule has 0 aliphatic rings. The van der Waals surface area contributed by atoms with Gasteiger partial charge in [-0.15, -0.1) is 0 Å². The van der Waals surface area contributed by atoms with Crippen LogP contribution in [0.1, 0.15) is 220 Å². The number of hydrogen-bond donors (Lipinski definition) is 2. The Kier molecular flexibility index (Phi) is 36.2. The minimum absolute atomic E-state index is 0.0133. The summed E-state index contributed by atoms with van der Waals surface area (Å²) in [5.74, 6) is -0.548. The highest BCUT2D eigenvalue weighted by Crippen LogP contribution is 2.16. The summed E-state index contributed by atoms with van der Waals surface area (Å²) >= 11 is 0. The SMILES string of the molecule is CCCCCCCCCCCCCCCCN(CCCCCCCCCCCCCCCC)C(=O)COCCOCCOC(=O)C(Cc1cnc[nH]1)NC(=O)OC(C)(C)C. The second-order valence-electron chi connectivity index (χ2n) is 17.9. The summed E-state index contributed by atoms with van der Waals surface area (Å²) in [5.41, 5.74) is -0.0308. The van der Waals surface area contributed by atoms with Crippen molar-refractivity contribution in [3.63, 3.8) is 0 Å². The van der Waals surface area contributed by atoms with Crippen LogP contribution in [0.2, 0.25) is 0 Å². The molecule has 1 aromatic rings. The zero-order chi connectivity index (χ0) is 43.8. The van der Waals surface area contributed by atoms with Crippen molar-refractivity contribution in [2.45, 2.75) is 232 Å². The van der Waals surface area contributed by atoms with Crippen LogP contribution in [0.25, 0.3) is 0 Å². The molecule has 1 heterocycles. The fraction of sp³-hybridized carbons (Fsp3) is 0.878. The minimum Gasteiger partial charge on any atom is -0.462 e. The number of nitrogens with zero attached hydrogens (tertiary/aromatic N) is 2. The number of carbonyl (C=O) groups is 3. The molecule has 11 heteroatoms. The summed E-state index contributed by atoms with van der Waals surface area (Å²) in [6, 6.07) is -0.952. The van der Waals surface area contributed by atoms with Crippen LogP contribution in [0.3, 0.4) is 0 Å². The summed E-state index contributed by atoms with van der Waals surface area (Å²) in [5, 5.41) is 2.59. The van der Waals surface area contributed by atoms with E-state index in [-0.39, 0.29) is 45.4 Å². The van der Waals surface area contributed by atoms with E-state index in [1.54, 1.807) is 27.0 Å². The van der Waals surface area contributed by atoms with Crippen molar-refractivity contribution >= 4 is 18.0 Å². The van der Waals surface area contributed by atoms with Crippen molar-refractivity contribution in [3.8, 4) is 0 Å². The first-order valence-corrected chi connectivity index (χ1v) is 24.7. The third-order valence-electron chi connectivity index (χ3n) is 10.9. The van der Waals surface area contributed by atoms with E-state index in [0.717, 1.165) is 25.9 Å². The lowest BCUT2D eigenvalue weighted by Crippen LogP contribution is -2.45. The first kappa shape index (κ1) is 55.4. The first-order valence-electron chi connectivity index (χ1n) is 24.7. The molecule has 0 fully saturated rings. The largest absolute Gasteiger partial charge is 0.462 e. The van der Waals surface area contributed by atoms with Gasteiger partial charge < -0.3 is 34.1 Å². The Balaban J connectivity index is 2.34. The van der Waals surface area contributed by atoms with Gasteiger partial charge in [0.05, 0.1) is 26.1 Å². The van der Waals surface area contributed by atoms with Gasteiger partial charge in [-0.3, -0.25) is 4.79 Å². The van der Waals surface area contributed by atoms with Gasteiger partial charge in [0, 0.05) is 31.4 Å². The standard InChI is InChI=1S/C49H92N4O7/c1-6-8-10-12-14-16-18-20-22-24-26-28-30-32-34-53(35-33-31-29-27-25-23-21-19-17-15-13-11-9-7-2)46(54)42-58-37-36-57-38-39-59-47(55)45(40-44-41-50-43-51-44)52-48(56)60-49(3,4)5/h41,43,45H,6-40,42H2,1-5H3,(H,50,51)(H,52,56). The molecule has 1 aromatic heterocycles. The molecular weight excluding hydrogens is 757 g/mol. The molecule has 11 nitrogen and oxygen atoms in total. The average molecular weight is 849 g/mol. The second kappa shape index (κ2) is 39.2. The fourth-order valence-electron chi connectivity index (χ4n) is 7.39. The molecule has 1 rings (SSSR count). The van der Waals surface area contributed by atoms with E-state index in [2.05, 4.69) is 29.1 Å². The number of alkyl carbamates (subject to hydrolysis) is 1. The molecule has 1 atom stereocenters. The summed E-state index contributed by atoms with van der Waals surface area (Å²) in [6.07, 6.45) is 39.5. The summed E-state index contributed by atoms with van der Waals surface area (Å²) in [6.45, 7) is 12.2. The molecule has 2 N–H and O–H groups in total. The van der Waals surface area contributed by atoms with Crippen molar-refractivity contribution in [2.24, 2.45) is 0 Å². The fourth-order valence-corrected chi connectivity index (χ4v) is 7.39. The monoisotopic (exact) mass is 849 g/mol. The number of ether oxygens (including phenoxy) is 4. The molecule has 0 spiro atoms. The number of aromatic nitrogens is 2. The Labute approximate surface area is 367 Å². The number of H-pyrrole nitrogens is 1. The van der Waals surface area contributed by atoms with Crippen LogP contribution < -0.4 is 5.32 Å². The van der Waals surface area contributed by atoms with E-state index in [1.807, 2.05) is 4.90 Å². The van der Waals surface area contributed by atoms with Gasteiger partial charge in [0.1, 0.15) is 24.9 Å². The number of unbranched alkanes of at least 4 members (excludes halogenated alkanes) is 26. The van der Waals surface area contributed by atoms with E-state index < -0.39 is 23.7 Å². The Hall–Kier alpha value is -2.66. The minimum atomic E-state index is -0.952. The topological polar surface area (TPSA) is 132 Å². The molecule has 0 radical (unpaired) electrons. The maximum absolute atomic E-state index is 13.3. The summed E-state index contributed by atoms with van der Waals surface area (Å²) in [4.78, 5) is 47.4. The van der Waals surface area contributed by atoms with Gasteiger partial charge >= 0.3 is 12.1 Å². The van der Waals surface area contributed by atoms with E-state index in [9.17, 15) is 14.4 Å². The molecule has 0 bridgehead atoms. The van der Waals surface area contributed by atoms with Crippen LogP contribution >= 0.6 is 0 Å². The molecule has 0 aliphatic carbocycles. The normalized spacial score (nSPS) is 12.1. The number of imidazole rings is 1. The van der Waals surface area contributed by atoms with E-state index in [0.29, 0.717) is 5.69 Å². The Bertz CT molecular complexity index is 1100. The Morgan fingerprint density at radius 1 is 0.617 bits per heavy atom. The first-order chi connectivity index (χ1) is 29.2. The van der Waals surface area contributed by atoms with Crippen molar-refractivity contribution < 1.29 is 33.3 Å². The van der Waals surface area contributed by atoms with Gasteiger partial charge in [0.25, 0.3) is 0 Å². The third kappa shape index (κ3) is 35.0. The molecule has 0 saturated heterocycles. The van der Waals surface area contributed by atoms with Crippen molar-refractivity contribution in [1.82, 2.24) is 20.2 Å². The maximum atomic E-state index is 13.3. The van der Waals surface area contributed by atoms with E-state index >= 15 is 0 Å². The van der Waals surface area contributed by atoms with Crippen LogP contribution in [-0.2, 0) is 35.0 Å². The Morgan fingerprint density at radius 3 is 1.45 bits per heavy atom. The number of nitrogens with one attached hydrogen (secondary N) is 2. The quantitative estimate of drug-likeness (QED) is 0.0491. The molecule has 0 aromatic carbocycles. The Morgan fingerprint density at radius 2 is 1.03 bits per heavy atom. The number of carbonyl (C=O) groups excluding carboxylic acids is 3. The van der Waals surface area contributed by atoms with Crippen molar-refractivity contribution in [1.29, 1.82) is 0 Å². The molecule has 0 saturated carbocycles. The van der Waals surface area contributed by atoms with Crippen LogP contribution in [0, 0.1) is 0 Å². The van der Waals surface area contributed by atoms with Gasteiger partial charge in [-0.1, -0.05) is 181 Å². The lowest BCUT2D eigenvalue weighted by atomic mass is 10.0. The second-order valence-corrected chi connectivity index (χ2v) is 17.9. The highest BCUT2D eigenvalue weighted by atomic mass is 16.6. The third-order valence-corrected chi connectivity index (χ3v) is 10.9. The lowest BCUT2D eigenvalue weighted by molar-refractivity contribution is -0.148. The van der Waals surface area contributed by atoms with Crippen molar-refractivity contribution in [3.05, 3.63) is 18.2 Å². The zero-order valence-electron chi connectivity index (χ0n) is 39.4. The van der Waals surface area contributed by atoms with Crippen LogP contribution in [0.15, 0.2) is 12.5 Å². The zero-order valence-corrected chi connectivity index (χ0v) is 39.4. The lowest BCUT2D eigenvalue weighted by Gasteiger charge is -2.23. The van der Waals surface area contributed by atoms with Gasteiger partial charge in [0.2, 0.25) is 5.91 Å². The van der Waals surface area contributed by atoms with Crippen LogP contribution in [0.4, 0.5) is 4.79 Å². The molecule has 1 unspecified atom stereocenters. The van der Waals surface area contributed by atoms with Crippen molar-refractivity contribution in [2.75, 3.05) is 46.1 Å². The highest BCUT2D eigenvalue weighted by Gasteiger charge is 2.26. The van der Waals surface area contributed by atoms with Gasteiger partial charge in [-0.05, 0) is 33.6 Å². The number of hydrogen-bond acceptors (Lipinski definition) is 8. The number of amides is 2. The average Bonchev–Trinajstić information content (AvgIpc) is 3.73. The smallest absolute Gasteiger partial charge is 0.408 e. The number of aromatic amines is 1. The highest BCUT2D eigenvalue weighted by molar-refractivity contribution is 5.81. The predicted octanol–water partition coefficient (Wildman–Crippen LogP) is 12.2. The maximum Gasteiger partial charge on any atom is 0.408 e. The number of rotatable bonds is 42. The predicted molar refractivity (Wildman–Crippen MR) is 245 cm³/mol. The molecule has 350 valence electrons. The summed E-state index contributed by atoms with van der Waals surface area (Å²) in [7, 11) is 0. The van der Waals surface area contributed by atoms with Gasteiger partial charge in [-0.2, -0.15) is 0 Å². The number of esters is 1. The van der Waals surface area contributed by atoms with Crippen LogP contribution in [-0.4, -0.2) is 90.6 Å². The molecule has 0 aliphatic heterocycles. The summed E-state index contributed by atoms with van der Waals surface area (Å²) < 4.78 is 22.1. The van der Waals surface area contributed by atoms with Crippen LogP contribution in [0.5, 0.6) is 0 Å². The molecular formula is C49H92N4O7. The molecule has 2 amide bonds. The molecule has 60 heavy (non-hydrogen) atoms.